The molecule has 9 heteroatoms. The summed E-state index contributed by atoms with van der Waals surface area (Å²) in [6.07, 6.45) is 6.63. The van der Waals surface area contributed by atoms with Gasteiger partial charge >= 0.3 is 5.91 Å². The molecule has 0 radical (unpaired) electrons. The molecule has 1 amide bonds. The Morgan fingerprint density at radius 3 is 2.83 bits per heavy atom. The van der Waals surface area contributed by atoms with Crippen LogP contribution in [0.1, 0.15) is 23.0 Å². The fourth-order valence-corrected chi connectivity index (χ4v) is 2.59. The summed E-state index contributed by atoms with van der Waals surface area (Å²) in [5.74, 6) is 2.78. The minimum Gasteiger partial charge on any atom is -0.490 e. The van der Waals surface area contributed by atoms with E-state index in [1.807, 2.05) is 6.92 Å². The molecule has 1 heterocycles. The lowest BCUT2D eigenvalue weighted by Gasteiger charge is -2.10. The van der Waals surface area contributed by atoms with Gasteiger partial charge in [-0.3, -0.25) is 14.9 Å². The smallest absolute Gasteiger partial charge is 0.307 e. The predicted octanol–water partition coefficient (Wildman–Crippen LogP) is 3.52. The van der Waals surface area contributed by atoms with E-state index < -0.39 is 10.8 Å². The number of nitro groups is 1. The third kappa shape index (κ3) is 4.74. The number of furan rings is 1. The van der Waals surface area contributed by atoms with E-state index in [2.05, 4.69) is 16.4 Å². The molecule has 30 heavy (non-hydrogen) atoms. The molecule has 9 nitrogen and oxygen atoms in total. The average Bonchev–Trinajstić information content (AvgIpc) is 3.17. The summed E-state index contributed by atoms with van der Waals surface area (Å²) < 4.78 is 16.4. The van der Waals surface area contributed by atoms with Gasteiger partial charge in [0.25, 0.3) is 5.69 Å². The molecule has 3 aromatic rings. The van der Waals surface area contributed by atoms with E-state index in [0.717, 1.165) is 0 Å². The van der Waals surface area contributed by atoms with Gasteiger partial charge in [-0.2, -0.15) is 5.10 Å². The van der Waals surface area contributed by atoms with Gasteiger partial charge in [-0.1, -0.05) is 5.92 Å². The Kier molecular flexibility index (Phi) is 6.29. The van der Waals surface area contributed by atoms with Gasteiger partial charge in [-0.25, -0.2) is 5.43 Å². The number of nitro benzene ring substituents is 1. The monoisotopic (exact) mass is 407 g/mol. The van der Waals surface area contributed by atoms with Crippen molar-refractivity contribution in [2.24, 2.45) is 5.10 Å². The predicted molar refractivity (Wildman–Crippen MR) is 110 cm³/mol. The van der Waals surface area contributed by atoms with Crippen LogP contribution in [0.2, 0.25) is 0 Å². The Balaban J connectivity index is 1.70. The molecule has 0 unspecified atom stereocenters. The number of nitrogens with zero attached hydrogens (tertiary/aromatic N) is 2. The molecule has 3 rings (SSSR count). The summed E-state index contributed by atoms with van der Waals surface area (Å²) in [6, 6.07) is 10.6. The van der Waals surface area contributed by atoms with E-state index in [9.17, 15) is 14.9 Å². The first-order chi connectivity index (χ1) is 14.5. The summed E-state index contributed by atoms with van der Waals surface area (Å²) in [4.78, 5) is 22.6. The van der Waals surface area contributed by atoms with Crippen molar-refractivity contribution in [3.8, 4) is 23.8 Å². The summed E-state index contributed by atoms with van der Waals surface area (Å²) in [7, 11) is 0. The lowest BCUT2D eigenvalue weighted by Crippen LogP contribution is -2.16. The molecule has 0 fully saturated rings. The molecule has 0 aliphatic rings. The summed E-state index contributed by atoms with van der Waals surface area (Å²) in [5, 5.41) is 15.2. The second-order valence-electron chi connectivity index (χ2n) is 5.92. The second-order valence-corrected chi connectivity index (χ2v) is 5.92. The van der Waals surface area contributed by atoms with E-state index in [-0.39, 0.29) is 18.1 Å². The SMILES string of the molecule is C#CCOc1ccc(/C=N\NC(=O)c2cc3cc([N+](=O)[O-])ccc3o2)cc1OCC. The molecule has 152 valence electrons. The molecule has 0 atom stereocenters. The van der Waals surface area contributed by atoms with Gasteiger partial charge in [-0.15, -0.1) is 6.42 Å². The number of carbonyl (C=O) groups is 1. The van der Waals surface area contributed by atoms with Crippen molar-refractivity contribution >= 4 is 28.8 Å². The number of fused-ring (bicyclic) bond motifs is 1. The zero-order chi connectivity index (χ0) is 21.5. The lowest BCUT2D eigenvalue weighted by molar-refractivity contribution is -0.384. The van der Waals surface area contributed by atoms with Gasteiger partial charge in [-0.05, 0) is 42.8 Å². The van der Waals surface area contributed by atoms with Crippen LogP contribution in [0.5, 0.6) is 11.5 Å². The van der Waals surface area contributed by atoms with Crippen molar-refractivity contribution in [3.63, 3.8) is 0 Å². The van der Waals surface area contributed by atoms with Gasteiger partial charge in [0.15, 0.2) is 17.3 Å². The lowest BCUT2D eigenvalue weighted by atomic mass is 10.2. The van der Waals surface area contributed by atoms with Crippen molar-refractivity contribution in [1.82, 2.24) is 5.43 Å². The van der Waals surface area contributed by atoms with Gasteiger partial charge < -0.3 is 13.9 Å². The van der Waals surface area contributed by atoms with Crippen LogP contribution in [0.4, 0.5) is 5.69 Å². The van der Waals surface area contributed by atoms with Gasteiger partial charge in [0.05, 0.1) is 17.7 Å². The second kappa shape index (κ2) is 9.25. The van der Waals surface area contributed by atoms with Gasteiger partial charge in [0.1, 0.15) is 12.2 Å². The number of non-ortho nitro benzene ring substituents is 1. The quantitative estimate of drug-likeness (QED) is 0.264. The number of hydrazone groups is 1. The number of hydrogen-bond acceptors (Lipinski definition) is 7. The standard InChI is InChI=1S/C21H17N3O6/c1-3-9-29-18-7-5-14(10-19(18)28-4-2)13-22-23-21(25)20-12-15-11-16(24(26)27)6-8-17(15)30-20/h1,5-8,10-13H,4,9H2,2H3,(H,23,25)/b22-13-. The number of nitrogens with one attached hydrogen (secondary N) is 1. The Labute approximate surface area is 171 Å². The maximum Gasteiger partial charge on any atom is 0.307 e. The molecular formula is C21H17N3O6. The number of terminal acetylenes is 1. The number of carbonyl (C=O) groups excluding carboxylic acids is 1. The highest BCUT2D eigenvalue weighted by Gasteiger charge is 2.14. The molecule has 0 aliphatic carbocycles. The fourth-order valence-electron chi connectivity index (χ4n) is 2.59. The highest BCUT2D eigenvalue weighted by molar-refractivity contribution is 5.97. The van der Waals surface area contributed by atoms with Crippen molar-refractivity contribution in [3.05, 3.63) is 63.9 Å². The molecule has 0 bridgehead atoms. The molecule has 0 saturated heterocycles. The van der Waals surface area contributed by atoms with Gasteiger partial charge in [0.2, 0.25) is 0 Å². The first-order valence-electron chi connectivity index (χ1n) is 8.86. The van der Waals surface area contributed by atoms with Crippen molar-refractivity contribution in [1.29, 1.82) is 0 Å². The average molecular weight is 407 g/mol. The normalized spacial score (nSPS) is 10.7. The zero-order valence-corrected chi connectivity index (χ0v) is 16.0. The van der Waals surface area contributed by atoms with Crippen LogP contribution in [-0.2, 0) is 0 Å². The Morgan fingerprint density at radius 2 is 2.10 bits per heavy atom. The van der Waals surface area contributed by atoms with Crippen molar-refractivity contribution < 1.29 is 23.6 Å². The van der Waals surface area contributed by atoms with Crippen LogP contribution in [0.25, 0.3) is 11.0 Å². The first kappa shape index (κ1) is 20.4. The van der Waals surface area contributed by atoms with E-state index in [4.69, 9.17) is 20.3 Å². The minimum atomic E-state index is -0.593. The zero-order valence-electron chi connectivity index (χ0n) is 16.0. The van der Waals surface area contributed by atoms with E-state index in [1.54, 1.807) is 18.2 Å². The number of hydrogen-bond donors (Lipinski definition) is 1. The third-order valence-corrected chi connectivity index (χ3v) is 3.89. The Bertz CT molecular complexity index is 1160. The topological polar surface area (TPSA) is 116 Å². The Morgan fingerprint density at radius 1 is 1.27 bits per heavy atom. The summed E-state index contributed by atoms with van der Waals surface area (Å²) in [6.45, 7) is 2.39. The minimum absolute atomic E-state index is 0.0179. The molecular weight excluding hydrogens is 390 g/mol. The molecule has 0 saturated carbocycles. The van der Waals surface area contributed by atoms with E-state index >= 15 is 0 Å². The maximum absolute atomic E-state index is 12.2. The molecule has 0 aliphatic heterocycles. The summed E-state index contributed by atoms with van der Waals surface area (Å²) in [5.41, 5.74) is 3.28. The molecule has 1 N–H and O–H groups in total. The number of benzene rings is 2. The molecule has 2 aromatic carbocycles. The Hall–Kier alpha value is -4.32. The molecule has 1 aromatic heterocycles. The fraction of sp³-hybridized carbons (Fsp3) is 0.143. The van der Waals surface area contributed by atoms with Crippen LogP contribution >= 0.6 is 0 Å². The highest BCUT2D eigenvalue weighted by atomic mass is 16.6. The first-order valence-corrected chi connectivity index (χ1v) is 8.86. The van der Waals surface area contributed by atoms with E-state index in [0.29, 0.717) is 34.6 Å². The van der Waals surface area contributed by atoms with Crippen molar-refractivity contribution in [2.45, 2.75) is 6.92 Å². The number of ether oxygens (including phenoxy) is 2. The number of rotatable bonds is 8. The number of amides is 1. The van der Waals surface area contributed by atoms with Crippen LogP contribution in [0.3, 0.4) is 0 Å². The highest BCUT2D eigenvalue weighted by Crippen LogP contribution is 2.28. The van der Waals surface area contributed by atoms with Crippen LogP contribution in [-0.4, -0.2) is 30.3 Å². The third-order valence-electron chi connectivity index (χ3n) is 3.89. The van der Waals surface area contributed by atoms with Crippen LogP contribution < -0.4 is 14.9 Å². The largest absolute Gasteiger partial charge is 0.490 e. The van der Waals surface area contributed by atoms with E-state index in [1.165, 1.54) is 30.5 Å². The maximum atomic E-state index is 12.2. The van der Waals surface area contributed by atoms with Gasteiger partial charge in [0, 0.05) is 17.5 Å². The van der Waals surface area contributed by atoms with Crippen LogP contribution in [0.15, 0.2) is 52.0 Å². The van der Waals surface area contributed by atoms with Crippen LogP contribution in [0, 0.1) is 22.5 Å². The summed E-state index contributed by atoms with van der Waals surface area (Å²) >= 11 is 0. The molecule has 0 spiro atoms. The van der Waals surface area contributed by atoms with Crippen molar-refractivity contribution in [2.75, 3.05) is 13.2 Å².